The standard InChI is InChI=1S/C12H16ClN3O2/c1-8(17)15-11-5-4-9(7-10(11)13)16-12(18)3-2-6-14/h4-5,7H,2-3,6,14H2,1H3,(H,15,17)(H,16,18). The first-order valence-electron chi connectivity index (χ1n) is 5.60. The van der Waals surface area contributed by atoms with E-state index in [9.17, 15) is 9.59 Å². The molecule has 0 aliphatic heterocycles. The Hall–Kier alpha value is -1.59. The smallest absolute Gasteiger partial charge is 0.224 e. The van der Waals surface area contributed by atoms with E-state index >= 15 is 0 Å². The number of nitrogens with one attached hydrogen (secondary N) is 2. The van der Waals surface area contributed by atoms with E-state index in [0.717, 1.165) is 0 Å². The molecule has 0 bridgehead atoms. The Morgan fingerprint density at radius 1 is 1.33 bits per heavy atom. The largest absolute Gasteiger partial charge is 0.330 e. The number of hydrogen-bond donors (Lipinski definition) is 3. The molecule has 6 heteroatoms. The third kappa shape index (κ3) is 4.73. The zero-order chi connectivity index (χ0) is 13.5. The van der Waals surface area contributed by atoms with Crippen molar-refractivity contribution in [3.05, 3.63) is 23.2 Å². The van der Waals surface area contributed by atoms with Crippen LogP contribution in [0, 0.1) is 0 Å². The number of rotatable bonds is 5. The molecular formula is C12H16ClN3O2. The van der Waals surface area contributed by atoms with Gasteiger partial charge in [-0.1, -0.05) is 11.6 Å². The van der Waals surface area contributed by atoms with E-state index in [-0.39, 0.29) is 11.8 Å². The molecule has 2 amide bonds. The summed E-state index contributed by atoms with van der Waals surface area (Å²) in [5, 5.41) is 5.67. The number of benzene rings is 1. The van der Waals surface area contributed by atoms with Crippen molar-refractivity contribution >= 4 is 34.8 Å². The van der Waals surface area contributed by atoms with E-state index < -0.39 is 0 Å². The van der Waals surface area contributed by atoms with Gasteiger partial charge < -0.3 is 16.4 Å². The highest BCUT2D eigenvalue weighted by Crippen LogP contribution is 2.25. The predicted octanol–water partition coefficient (Wildman–Crippen LogP) is 1.98. The van der Waals surface area contributed by atoms with E-state index in [4.69, 9.17) is 17.3 Å². The summed E-state index contributed by atoms with van der Waals surface area (Å²) in [5.41, 5.74) is 6.43. The molecule has 0 aliphatic rings. The van der Waals surface area contributed by atoms with Gasteiger partial charge >= 0.3 is 0 Å². The van der Waals surface area contributed by atoms with Gasteiger partial charge in [-0.05, 0) is 31.2 Å². The third-order valence-corrected chi connectivity index (χ3v) is 2.48. The van der Waals surface area contributed by atoms with Crippen molar-refractivity contribution in [2.24, 2.45) is 5.73 Å². The van der Waals surface area contributed by atoms with Gasteiger partial charge in [0.15, 0.2) is 0 Å². The van der Waals surface area contributed by atoms with Gasteiger partial charge in [0.2, 0.25) is 11.8 Å². The van der Waals surface area contributed by atoms with Crippen LogP contribution < -0.4 is 16.4 Å². The first-order valence-corrected chi connectivity index (χ1v) is 5.98. The third-order valence-electron chi connectivity index (χ3n) is 2.17. The molecule has 98 valence electrons. The lowest BCUT2D eigenvalue weighted by Gasteiger charge is -2.08. The van der Waals surface area contributed by atoms with Crippen molar-refractivity contribution < 1.29 is 9.59 Å². The molecule has 5 nitrogen and oxygen atoms in total. The van der Waals surface area contributed by atoms with Gasteiger partial charge in [0.1, 0.15) is 0 Å². The summed E-state index contributed by atoms with van der Waals surface area (Å²) in [6.45, 7) is 1.88. The van der Waals surface area contributed by atoms with Gasteiger partial charge in [-0.25, -0.2) is 0 Å². The van der Waals surface area contributed by atoms with Crippen LogP contribution >= 0.6 is 11.6 Å². The Kier molecular flexibility index (Phi) is 5.61. The maximum Gasteiger partial charge on any atom is 0.224 e. The van der Waals surface area contributed by atoms with Crippen LogP contribution in [-0.4, -0.2) is 18.4 Å². The Labute approximate surface area is 111 Å². The molecule has 0 saturated carbocycles. The number of amides is 2. The highest BCUT2D eigenvalue weighted by Gasteiger charge is 2.06. The predicted molar refractivity (Wildman–Crippen MR) is 72.7 cm³/mol. The first-order chi connectivity index (χ1) is 8.52. The summed E-state index contributed by atoms with van der Waals surface area (Å²) in [5.74, 6) is -0.305. The first kappa shape index (κ1) is 14.5. The van der Waals surface area contributed by atoms with E-state index in [1.807, 2.05) is 0 Å². The molecule has 0 saturated heterocycles. The van der Waals surface area contributed by atoms with Crippen LogP contribution in [0.5, 0.6) is 0 Å². The van der Waals surface area contributed by atoms with Gasteiger partial charge in [-0.3, -0.25) is 9.59 Å². The Balaban J connectivity index is 2.66. The molecule has 4 N–H and O–H groups in total. The SMILES string of the molecule is CC(=O)Nc1ccc(NC(=O)CCCN)cc1Cl. The second kappa shape index (κ2) is 6.98. The fourth-order valence-electron chi connectivity index (χ4n) is 1.37. The molecular weight excluding hydrogens is 254 g/mol. The van der Waals surface area contributed by atoms with Crippen LogP contribution in [0.4, 0.5) is 11.4 Å². The van der Waals surface area contributed by atoms with Gasteiger partial charge in [0, 0.05) is 19.0 Å². The van der Waals surface area contributed by atoms with Crippen molar-refractivity contribution in [2.45, 2.75) is 19.8 Å². The lowest BCUT2D eigenvalue weighted by atomic mass is 10.2. The van der Waals surface area contributed by atoms with Crippen molar-refractivity contribution in [1.82, 2.24) is 0 Å². The summed E-state index contributed by atoms with van der Waals surface area (Å²) in [6, 6.07) is 4.91. The Bertz CT molecular complexity index is 449. The lowest BCUT2D eigenvalue weighted by Crippen LogP contribution is -2.13. The van der Waals surface area contributed by atoms with Gasteiger partial charge in [-0.15, -0.1) is 0 Å². The van der Waals surface area contributed by atoms with Crippen LogP contribution in [0.25, 0.3) is 0 Å². The maximum atomic E-state index is 11.5. The lowest BCUT2D eigenvalue weighted by molar-refractivity contribution is -0.116. The molecule has 1 aromatic carbocycles. The van der Waals surface area contributed by atoms with E-state index in [0.29, 0.717) is 35.8 Å². The minimum Gasteiger partial charge on any atom is -0.330 e. The Morgan fingerprint density at radius 3 is 2.61 bits per heavy atom. The summed E-state index contributed by atoms with van der Waals surface area (Å²) in [4.78, 5) is 22.4. The number of carbonyl (C=O) groups is 2. The van der Waals surface area contributed by atoms with Gasteiger partial charge in [0.25, 0.3) is 0 Å². The fraction of sp³-hybridized carbons (Fsp3) is 0.333. The topological polar surface area (TPSA) is 84.2 Å². The van der Waals surface area contributed by atoms with E-state index in [2.05, 4.69) is 10.6 Å². The molecule has 1 rings (SSSR count). The quantitative estimate of drug-likeness (QED) is 0.764. The number of nitrogens with two attached hydrogens (primary N) is 1. The van der Waals surface area contributed by atoms with Crippen LogP contribution in [-0.2, 0) is 9.59 Å². The summed E-state index contributed by atoms with van der Waals surface area (Å²) >= 11 is 5.98. The molecule has 1 aromatic rings. The second-order valence-electron chi connectivity index (χ2n) is 3.82. The molecule has 0 aromatic heterocycles. The average Bonchev–Trinajstić information content (AvgIpc) is 2.29. The van der Waals surface area contributed by atoms with Gasteiger partial charge in [-0.2, -0.15) is 0 Å². The average molecular weight is 270 g/mol. The summed E-state index contributed by atoms with van der Waals surface area (Å²) in [7, 11) is 0. The normalized spacial score (nSPS) is 9.94. The zero-order valence-corrected chi connectivity index (χ0v) is 10.9. The zero-order valence-electron chi connectivity index (χ0n) is 10.1. The van der Waals surface area contributed by atoms with Crippen molar-refractivity contribution in [2.75, 3.05) is 17.2 Å². The molecule has 0 unspecified atom stereocenters. The number of carbonyl (C=O) groups excluding carboxylic acids is 2. The fourth-order valence-corrected chi connectivity index (χ4v) is 1.60. The number of anilines is 2. The minimum atomic E-state index is -0.198. The van der Waals surface area contributed by atoms with Crippen LogP contribution in [0.3, 0.4) is 0 Å². The number of hydrogen-bond acceptors (Lipinski definition) is 3. The summed E-state index contributed by atoms with van der Waals surface area (Å²) in [6.07, 6.45) is 1.02. The molecule has 0 atom stereocenters. The number of halogens is 1. The van der Waals surface area contributed by atoms with Gasteiger partial charge in [0.05, 0.1) is 10.7 Å². The highest BCUT2D eigenvalue weighted by molar-refractivity contribution is 6.34. The van der Waals surface area contributed by atoms with Crippen LogP contribution in [0.1, 0.15) is 19.8 Å². The highest BCUT2D eigenvalue weighted by atomic mass is 35.5. The maximum absolute atomic E-state index is 11.5. The summed E-state index contributed by atoms with van der Waals surface area (Å²) < 4.78 is 0. The van der Waals surface area contributed by atoms with Crippen molar-refractivity contribution in [1.29, 1.82) is 0 Å². The van der Waals surface area contributed by atoms with Crippen molar-refractivity contribution in [3.63, 3.8) is 0 Å². The molecule has 0 spiro atoms. The molecule has 0 fully saturated rings. The molecule has 18 heavy (non-hydrogen) atoms. The van der Waals surface area contributed by atoms with E-state index in [1.165, 1.54) is 6.92 Å². The second-order valence-corrected chi connectivity index (χ2v) is 4.22. The van der Waals surface area contributed by atoms with Crippen LogP contribution in [0.2, 0.25) is 5.02 Å². The van der Waals surface area contributed by atoms with Crippen molar-refractivity contribution in [3.8, 4) is 0 Å². The Morgan fingerprint density at radius 2 is 2.06 bits per heavy atom. The molecule has 0 heterocycles. The minimum absolute atomic E-state index is 0.108. The molecule has 0 radical (unpaired) electrons. The van der Waals surface area contributed by atoms with E-state index in [1.54, 1.807) is 18.2 Å². The molecule has 0 aliphatic carbocycles. The van der Waals surface area contributed by atoms with Crippen LogP contribution in [0.15, 0.2) is 18.2 Å². The monoisotopic (exact) mass is 269 g/mol.